The number of halogens is 1. The number of thiophene rings is 1. The fourth-order valence-corrected chi connectivity index (χ4v) is 2.56. The van der Waals surface area contributed by atoms with Gasteiger partial charge in [-0.15, -0.1) is 11.3 Å². The monoisotopic (exact) mass is 297 g/mol. The van der Waals surface area contributed by atoms with E-state index in [4.69, 9.17) is 34.3 Å². The normalized spacial score (nSPS) is 10.3. The summed E-state index contributed by atoms with van der Waals surface area (Å²) in [5, 5.41) is 2.66. The van der Waals surface area contributed by atoms with Crippen molar-refractivity contribution in [1.82, 2.24) is 0 Å². The molecular weight excluding hydrogens is 286 g/mol. The Balaban J connectivity index is 2.03. The summed E-state index contributed by atoms with van der Waals surface area (Å²) in [5.74, 6) is 0.645. The molecule has 2 aromatic rings. The van der Waals surface area contributed by atoms with E-state index in [2.05, 4.69) is 11.4 Å². The van der Waals surface area contributed by atoms with Crippen molar-refractivity contribution in [2.45, 2.75) is 6.42 Å². The minimum absolute atomic E-state index is 0.317. The first-order chi connectivity index (χ1) is 8.66. The molecule has 1 aromatic heterocycles. The van der Waals surface area contributed by atoms with Crippen LogP contribution < -0.4 is 10.5 Å². The molecule has 0 atom stereocenters. The minimum Gasteiger partial charge on any atom is -0.492 e. The number of ether oxygens (including phenoxy) is 1. The van der Waals surface area contributed by atoms with Gasteiger partial charge in [0.05, 0.1) is 12.2 Å². The molecule has 5 heteroatoms. The summed E-state index contributed by atoms with van der Waals surface area (Å²) in [6.07, 6.45) is 0.862. The molecule has 2 rings (SSSR count). The van der Waals surface area contributed by atoms with E-state index in [1.54, 1.807) is 29.5 Å². The van der Waals surface area contributed by atoms with Crippen LogP contribution in [-0.4, -0.2) is 11.6 Å². The number of nitrogens with two attached hydrogens (primary N) is 1. The molecule has 0 bridgehead atoms. The van der Waals surface area contributed by atoms with Crippen molar-refractivity contribution in [1.29, 1.82) is 0 Å². The topological polar surface area (TPSA) is 35.2 Å². The Morgan fingerprint density at radius 2 is 2.22 bits per heavy atom. The van der Waals surface area contributed by atoms with Crippen molar-refractivity contribution in [3.63, 3.8) is 0 Å². The Hall–Kier alpha value is -1.10. The molecule has 0 unspecified atom stereocenters. The average molecular weight is 298 g/mol. The molecule has 0 aliphatic carbocycles. The Morgan fingerprint density at radius 1 is 1.39 bits per heavy atom. The molecule has 0 aliphatic rings. The third kappa shape index (κ3) is 3.45. The molecule has 0 saturated carbocycles. The van der Waals surface area contributed by atoms with Crippen LogP contribution in [0.15, 0.2) is 35.7 Å². The van der Waals surface area contributed by atoms with E-state index in [0.717, 1.165) is 12.0 Å². The van der Waals surface area contributed by atoms with E-state index >= 15 is 0 Å². The van der Waals surface area contributed by atoms with Gasteiger partial charge in [-0.1, -0.05) is 29.9 Å². The fraction of sp³-hybridized carbons (Fsp3) is 0.154. The van der Waals surface area contributed by atoms with E-state index in [-0.39, 0.29) is 0 Å². The molecule has 0 amide bonds. The zero-order valence-electron chi connectivity index (χ0n) is 9.56. The quantitative estimate of drug-likeness (QED) is 0.856. The molecule has 0 spiro atoms. The van der Waals surface area contributed by atoms with Gasteiger partial charge in [0.1, 0.15) is 10.7 Å². The van der Waals surface area contributed by atoms with Gasteiger partial charge in [-0.05, 0) is 29.6 Å². The van der Waals surface area contributed by atoms with E-state index in [1.807, 2.05) is 6.07 Å². The fourth-order valence-electron chi connectivity index (χ4n) is 1.54. The van der Waals surface area contributed by atoms with Gasteiger partial charge in [-0.3, -0.25) is 0 Å². The molecule has 94 valence electrons. The van der Waals surface area contributed by atoms with E-state index in [0.29, 0.717) is 22.4 Å². The van der Waals surface area contributed by atoms with Crippen LogP contribution in [0.1, 0.15) is 10.4 Å². The van der Waals surface area contributed by atoms with Crippen molar-refractivity contribution < 1.29 is 4.74 Å². The number of hydrogen-bond donors (Lipinski definition) is 1. The second kappa shape index (κ2) is 6.18. The van der Waals surface area contributed by atoms with E-state index < -0.39 is 0 Å². The Bertz CT molecular complexity index is 540. The van der Waals surface area contributed by atoms with Gasteiger partial charge in [-0.25, -0.2) is 0 Å². The van der Waals surface area contributed by atoms with Crippen LogP contribution in [0.5, 0.6) is 5.75 Å². The first-order valence-electron chi connectivity index (χ1n) is 5.41. The molecule has 18 heavy (non-hydrogen) atoms. The average Bonchev–Trinajstić information content (AvgIpc) is 2.82. The first kappa shape index (κ1) is 13.3. The van der Waals surface area contributed by atoms with Gasteiger partial charge in [0.15, 0.2) is 0 Å². The first-order valence-corrected chi connectivity index (χ1v) is 7.08. The lowest BCUT2D eigenvalue weighted by molar-refractivity contribution is 0.322. The summed E-state index contributed by atoms with van der Waals surface area (Å²) in [6, 6.07) is 9.39. The highest BCUT2D eigenvalue weighted by atomic mass is 35.5. The maximum atomic E-state index is 5.94. The van der Waals surface area contributed by atoms with E-state index in [9.17, 15) is 0 Å². The lowest BCUT2D eigenvalue weighted by Crippen LogP contribution is -2.12. The molecule has 1 aromatic carbocycles. The number of benzene rings is 1. The molecule has 0 fully saturated rings. The van der Waals surface area contributed by atoms with Crippen LogP contribution in [0, 0.1) is 0 Å². The molecule has 1 heterocycles. The Morgan fingerprint density at radius 3 is 2.89 bits per heavy atom. The predicted molar refractivity (Wildman–Crippen MR) is 80.9 cm³/mol. The van der Waals surface area contributed by atoms with Gasteiger partial charge in [0.25, 0.3) is 0 Å². The summed E-state index contributed by atoms with van der Waals surface area (Å²) >= 11 is 12.6. The second-order valence-corrected chi connectivity index (χ2v) is 5.59. The van der Waals surface area contributed by atoms with Gasteiger partial charge in [-0.2, -0.15) is 0 Å². The molecule has 0 aliphatic heterocycles. The van der Waals surface area contributed by atoms with Gasteiger partial charge in [0, 0.05) is 16.3 Å². The highest BCUT2D eigenvalue weighted by Crippen LogP contribution is 2.23. The number of rotatable bonds is 5. The van der Waals surface area contributed by atoms with Crippen molar-refractivity contribution in [3.8, 4) is 5.75 Å². The van der Waals surface area contributed by atoms with Crippen LogP contribution in [0.25, 0.3) is 0 Å². The lowest BCUT2D eigenvalue weighted by Gasteiger charge is -2.10. The highest BCUT2D eigenvalue weighted by molar-refractivity contribution is 7.80. The molecule has 0 saturated heterocycles. The van der Waals surface area contributed by atoms with Crippen LogP contribution in [0.3, 0.4) is 0 Å². The SMILES string of the molecule is NC(=S)c1ccc(Cl)cc1OCCc1cccs1. The molecule has 2 nitrogen and oxygen atoms in total. The zero-order valence-corrected chi connectivity index (χ0v) is 11.9. The van der Waals surface area contributed by atoms with Crippen molar-refractivity contribution in [2.24, 2.45) is 5.73 Å². The van der Waals surface area contributed by atoms with Crippen molar-refractivity contribution >= 4 is 40.1 Å². The summed E-state index contributed by atoms with van der Waals surface area (Å²) in [7, 11) is 0. The largest absolute Gasteiger partial charge is 0.492 e. The Labute approximate surface area is 120 Å². The summed E-state index contributed by atoms with van der Waals surface area (Å²) in [5.41, 5.74) is 6.36. The maximum absolute atomic E-state index is 5.94. The van der Waals surface area contributed by atoms with E-state index in [1.165, 1.54) is 4.88 Å². The smallest absolute Gasteiger partial charge is 0.130 e. The van der Waals surface area contributed by atoms with Crippen LogP contribution in [0.2, 0.25) is 5.02 Å². The summed E-state index contributed by atoms with van der Waals surface area (Å²) < 4.78 is 5.71. The van der Waals surface area contributed by atoms with Crippen LogP contribution in [-0.2, 0) is 6.42 Å². The maximum Gasteiger partial charge on any atom is 0.130 e. The summed E-state index contributed by atoms with van der Waals surface area (Å²) in [6.45, 7) is 0.580. The van der Waals surface area contributed by atoms with Gasteiger partial charge in [0.2, 0.25) is 0 Å². The van der Waals surface area contributed by atoms with Crippen LogP contribution >= 0.6 is 35.2 Å². The third-order valence-electron chi connectivity index (χ3n) is 2.40. The molecule has 2 N–H and O–H groups in total. The van der Waals surface area contributed by atoms with Gasteiger partial charge < -0.3 is 10.5 Å². The van der Waals surface area contributed by atoms with Crippen molar-refractivity contribution in [2.75, 3.05) is 6.61 Å². The zero-order chi connectivity index (χ0) is 13.0. The predicted octanol–water partition coefficient (Wildman–Crippen LogP) is 3.66. The third-order valence-corrected chi connectivity index (χ3v) is 3.79. The lowest BCUT2D eigenvalue weighted by atomic mass is 10.2. The van der Waals surface area contributed by atoms with Crippen LogP contribution in [0.4, 0.5) is 0 Å². The molecule has 0 radical (unpaired) electrons. The van der Waals surface area contributed by atoms with Crippen molar-refractivity contribution in [3.05, 3.63) is 51.2 Å². The Kier molecular flexibility index (Phi) is 4.58. The summed E-state index contributed by atoms with van der Waals surface area (Å²) in [4.78, 5) is 1.60. The minimum atomic E-state index is 0.317. The second-order valence-electron chi connectivity index (χ2n) is 3.68. The number of thiocarbonyl (C=S) groups is 1. The van der Waals surface area contributed by atoms with Gasteiger partial charge >= 0.3 is 0 Å². The number of hydrogen-bond acceptors (Lipinski definition) is 3. The molecular formula is C13H12ClNOS2. The highest BCUT2D eigenvalue weighted by Gasteiger charge is 2.07. The standard InChI is InChI=1S/C13H12ClNOS2/c14-9-3-4-11(13(15)17)12(8-9)16-6-5-10-2-1-7-18-10/h1-4,7-8H,5-6H2,(H2,15,17).